The van der Waals surface area contributed by atoms with E-state index in [0.717, 1.165) is 72.9 Å². The molecule has 0 saturated carbocycles. The second-order valence-electron chi connectivity index (χ2n) is 10.6. The minimum Gasteiger partial charge on any atom is -0.465 e. The van der Waals surface area contributed by atoms with Crippen LogP contribution >= 0.6 is 15.9 Å². The second kappa shape index (κ2) is 16.2. The lowest BCUT2D eigenvalue weighted by Gasteiger charge is -2.25. The molecule has 1 aliphatic heterocycles. The number of hydrogen-bond donors (Lipinski definition) is 0. The number of aryl methyl sites for hydroxylation is 1. The highest BCUT2D eigenvalue weighted by Crippen LogP contribution is 2.34. The predicted octanol–water partition coefficient (Wildman–Crippen LogP) is 9.17. The van der Waals surface area contributed by atoms with E-state index in [1.165, 1.54) is 51.4 Å². The fourth-order valence-electron chi connectivity index (χ4n) is 5.42. The first-order valence-corrected chi connectivity index (χ1v) is 15.5. The van der Waals surface area contributed by atoms with Crippen LogP contribution in [0.3, 0.4) is 0 Å². The van der Waals surface area contributed by atoms with Crippen LogP contribution in [0.5, 0.6) is 0 Å². The van der Waals surface area contributed by atoms with E-state index in [0.29, 0.717) is 12.2 Å². The molecule has 0 saturated heterocycles. The van der Waals surface area contributed by atoms with E-state index in [4.69, 9.17) is 4.74 Å². The van der Waals surface area contributed by atoms with Crippen molar-refractivity contribution < 1.29 is 14.3 Å². The van der Waals surface area contributed by atoms with Crippen LogP contribution in [0.2, 0.25) is 0 Å². The molecule has 1 aromatic carbocycles. The summed E-state index contributed by atoms with van der Waals surface area (Å²) in [7, 11) is 0. The fraction of sp³-hybridized carbons (Fsp3) is 0.625. The van der Waals surface area contributed by atoms with E-state index < -0.39 is 0 Å². The fourth-order valence-corrected chi connectivity index (χ4v) is 5.69. The number of fused-ring (bicyclic) bond motifs is 1. The van der Waals surface area contributed by atoms with Crippen molar-refractivity contribution in [3.05, 3.63) is 57.3 Å². The number of ketones is 1. The molecule has 0 radical (unpaired) electrons. The van der Waals surface area contributed by atoms with Crippen LogP contribution in [0.15, 0.2) is 34.8 Å². The molecule has 2 heterocycles. The molecular weight excluding hydrogens is 526 g/mol. The van der Waals surface area contributed by atoms with E-state index in [9.17, 15) is 9.59 Å². The number of rotatable bonds is 17. The molecule has 1 atom stereocenters. The molecule has 0 bridgehead atoms. The topological polar surface area (TPSA) is 48.3 Å². The highest BCUT2D eigenvalue weighted by Gasteiger charge is 2.33. The second-order valence-corrected chi connectivity index (χ2v) is 11.5. The molecular formula is C32H46BrNO3. The van der Waals surface area contributed by atoms with Gasteiger partial charge in [0.2, 0.25) is 5.78 Å². The first-order chi connectivity index (χ1) is 18.1. The van der Waals surface area contributed by atoms with Crippen molar-refractivity contribution in [2.24, 2.45) is 0 Å². The minimum absolute atomic E-state index is 0.0456. The van der Waals surface area contributed by atoms with Crippen LogP contribution in [0.25, 0.3) is 0 Å². The van der Waals surface area contributed by atoms with Gasteiger partial charge in [0.05, 0.1) is 18.2 Å². The molecule has 0 aliphatic carbocycles. The molecule has 3 rings (SSSR count). The molecule has 204 valence electrons. The Morgan fingerprint density at radius 1 is 0.892 bits per heavy atom. The lowest BCUT2D eigenvalue weighted by molar-refractivity contribution is -0.146. The van der Waals surface area contributed by atoms with Gasteiger partial charge in [-0.05, 0) is 68.0 Å². The van der Waals surface area contributed by atoms with Crippen molar-refractivity contribution in [2.45, 2.75) is 123 Å². The van der Waals surface area contributed by atoms with Crippen molar-refractivity contribution in [3.8, 4) is 0 Å². The van der Waals surface area contributed by atoms with Crippen LogP contribution in [-0.4, -0.2) is 22.9 Å². The van der Waals surface area contributed by atoms with Gasteiger partial charge in [0.15, 0.2) is 0 Å². The van der Waals surface area contributed by atoms with Gasteiger partial charge in [0.25, 0.3) is 0 Å². The average Bonchev–Trinajstić information content (AvgIpc) is 3.28. The first-order valence-electron chi connectivity index (χ1n) is 14.8. The van der Waals surface area contributed by atoms with E-state index in [2.05, 4.69) is 40.4 Å². The van der Waals surface area contributed by atoms with E-state index in [-0.39, 0.29) is 17.7 Å². The monoisotopic (exact) mass is 571 g/mol. The first kappa shape index (κ1) is 29.7. The van der Waals surface area contributed by atoms with Gasteiger partial charge in [-0.2, -0.15) is 0 Å². The maximum Gasteiger partial charge on any atom is 0.314 e. The van der Waals surface area contributed by atoms with Crippen molar-refractivity contribution in [3.63, 3.8) is 0 Å². The summed E-state index contributed by atoms with van der Waals surface area (Å²) >= 11 is 3.46. The molecule has 0 N–H and O–H groups in total. The number of benzene rings is 1. The average molecular weight is 573 g/mol. The van der Waals surface area contributed by atoms with Gasteiger partial charge >= 0.3 is 5.97 Å². The Labute approximate surface area is 232 Å². The van der Waals surface area contributed by atoms with Gasteiger partial charge in [-0.25, -0.2) is 0 Å². The summed E-state index contributed by atoms with van der Waals surface area (Å²) in [6, 6.07) is 9.68. The van der Waals surface area contributed by atoms with Crippen LogP contribution < -0.4 is 0 Å². The van der Waals surface area contributed by atoms with Crippen LogP contribution in [0.1, 0.15) is 137 Å². The number of aromatic nitrogens is 1. The van der Waals surface area contributed by atoms with Gasteiger partial charge < -0.3 is 9.30 Å². The van der Waals surface area contributed by atoms with Gasteiger partial charge in [-0.3, -0.25) is 9.59 Å². The Bertz CT molecular complexity index is 979. The summed E-state index contributed by atoms with van der Waals surface area (Å²) in [5.74, 6) is -0.355. The van der Waals surface area contributed by atoms with Crippen molar-refractivity contribution in [1.82, 2.24) is 4.57 Å². The summed E-state index contributed by atoms with van der Waals surface area (Å²) in [4.78, 5) is 26.7. The number of halogens is 1. The van der Waals surface area contributed by atoms with Gasteiger partial charge in [-0.1, -0.05) is 94.0 Å². The summed E-state index contributed by atoms with van der Waals surface area (Å²) < 4.78 is 8.83. The highest BCUT2D eigenvalue weighted by molar-refractivity contribution is 9.10. The molecule has 2 aromatic rings. The van der Waals surface area contributed by atoms with Gasteiger partial charge in [-0.15, -0.1) is 0 Å². The summed E-state index contributed by atoms with van der Waals surface area (Å²) in [6.45, 7) is 5.70. The summed E-state index contributed by atoms with van der Waals surface area (Å²) in [6.07, 6.45) is 17.3. The molecule has 5 heteroatoms. The zero-order valence-electron chi connectivity index (χ0n) is 23.0. The summed E-state index contributed by atoms with van der Waals surface area (Å²) in [5, 5.41) is 0. The van der Waals surface area contributed by atoms with E-state index >= 15 is 0 Å². The zero-order valence-corrected chi connectivity index (χ0v) is 24.6. The SMILES string of the molecule is CCCCCCCCCCCCOC(=O)C1CCCn2c1cc(CCCC)c2C(=O)c1ccc(Br)cc1. The van der Waals surface area contributed by atoms with Crippen LogP contribution in [0, 0.1) is 0 Å². The smallest absolute Gasteiger partial charge is 0.314 e. The van der Waals surface area contributed by atoms with Gasteiger partial charge in [0.1, 0.15) is 0 Å². The molecule has 0 spiro atoms. The number of ether oxygens (including phenoxy) is 1. The Kier molecular flexibility index (Phi) is 13.0. The largest absolute Gasteiger partial charge is 0.465 e. The number of carbonyl (C=O) groups is 2. The number of nitrogens with zero attached hydrogens (tertiary/aromatic N) is 1. The maximum atomic E-state index is 13.6. The lowest BCUT2D eigenvalue weighted by Crippen LogP contribution is -2.26. The normalized spacial score (nSPS) is 14.9. The third kappa shape index (κ3) is 8.84. The van der Waals surface area contributed by atoms with Crippen molar-refractivity contribution >= 4 is 27.7 Å². The lowest BCUT2D eigenvalue weighted by atomic mass is 9.96. The van der Waals surface area contributed by atoms with Crippen molar-refractivity contribution in [1.29, 1.82) is 0 Å². The quantitative estimate of drug-likeness (QED) is 0.108. The Hall–Kier alpha value is -1.88. The number of unbranched alkanes of at least 4 members (excludes halogenated alkanes) is 10. The Balaban J connectivity index is 1.56. The molecule has 1 aromatic heterocycles. The van der Waals surface area contributed by atoms with E-state index in [1.807, 2.05) is 24.3 Å². The molecule has 0 fully saturated rings. The van der Waals surface area contributed by atoms with E-state index in [1.54, 1.807) is 0 Å². The van der Waals surface area contributed by atoms with Crippen molar-refractivity contribution in [2.75, 3.05) is 6.61 Å². The summed E-state index contributed by atoms with van der Waals surface area (Å²) in [5.41, 5.74) is 3.48. The number of esters is 1. The van der Waals surface area contributed by atoms with Gasteiger partial charge in [0, 0.05) is 22.3 Å². The highest BCUT2D eigenvalue weighted by atomic mass is 79.9. The molecule has 1 unspecified atom stereocenters. The molecule has 0 amide bonds. The maximum absolute atomic E-state index is 13.6. The number of carbonyl (C=O) groups excluding carboxylic acids is 2. The molecule has 4 nitrogen and oxygen atoms in total. The minimum atomic E-state index is -0.274. The predicted molar refractivity (Wildman–Crippen MR) is 155 cm³/mol. The molecule has 37 heavy (non-hydrogen) atoms. The number of hydrogen-bond acceptors (Lipinski definition) is 3. The third-order valence-corrected chi connectivity index (χ3v) is 8.12. The molecule has 1 aliphatic rings. The van der Waals surface area contributed by atoms with Crippen LogP contribution in [-0.2, 0) is 22.5 Å². The van der Waals surface area contributed by atoms with Crippen LogP contribution in [0.4, 0.5) is 0 Å². The zero-order chi connectivity index (χ0) is 26.5. The standard InChI is InChI=1S/C32H46BrNO3/c1-3-5-7-8-9-10-11-12-13-14-23-37-32(36)28-17-15-22-34-29(28)24-26(16-6-4-2)30(34)31(35)25-18-20-27(33)21-19-25/h18-21,24,28H,3-17,22-23H2,1-2H3. The third-order valence-electron chi connectivity index (χ3n) is 7.59. The Morgan fingerprint density at radius 2 is 1.51 bits per heavy atom. The Morgan fingerprint density at radius 3 is 2.16 bits per heavy atom.